The van der Waals surface area contributed by atoms with Gasteiger partial charge in [-0.25, -0.2) is 0 Å². The number of hydrogen-bond donors (Lipinski definition) is 1. The van der Waals surface area contributed by atoms with Crippen molar-refractivity contribution in [3.05, 3.63) is 29.8 Å². The van der Waals surface area contributed by atoms with Crippen molar-refractivity contribution < 1.29 is 27.8 Å². The molecule has 6 heteroatoms. The highest BCUT2D eigenvalue weighted by Crippen LogP contribution is 2.28. The average molecular weight is 248 g/mol. The van der Waals surface area contributed by atoms with E-state index >= 15 is 0 Å². The van der Waals surface area contributed by atoms with Crippen LogP contribution >= 0.6 is 0 Å². The number of halogens is 3. The standard InChI is InChI=1S/C11H11F3O3/c1-10(2,16)9(15)7-5-3-4-6-8(7)17-11(12,13)14/h3-6,16H,1-2H3. The Morgan fingerprint density at radius 3 is 2.24 bits per heavy atom. The lowest BCUT2D eigenvalue weighted by molar-refractivity contribution is -0.274. The van der Waals surface area contributed by atoms with Gasteiger partial charge in [-0.05, 0) is 26.0 Å². The summed E-state index contributed by atoms with van der Waals surface area (Å²) in [6.45, 7) is 2.39. The highest BCUT2D eigenvalue weighted by Gasteiger charge is 2.35. The first kappa shape index (κ1) is 13.5. The van der Waals surface area contributed by atoms with Crippen molar-refractivity contribution in [2.24, 2.45) is 0 Å². The molecule has 0 aliphatic rings. The number of hydrogen-bond acceptors (Lipinski definition) is 3. The van der Waals surface area contributed by atoms with Gasteiger partial charge in [0.15, 0.2) is 5.78 Å². The third kappa shape index (κ3) is 3.74. The van der Waals surface area contributed by atoms with Gasteiger partial charge in [0.05, 0.1) is 5.56 Å². The third-order valence-electron chi connectivity index (χ3n) is 1.91. The lowest BCUT2D eigenvalue weighted by Gasteiger charge is -2.18. The predicted molar refractivity (Wildman–Crippen MR) is 53.8 cm³/mol. The fraction of sp³-hybridized carbons (Fsp3) is 0.364. The zero-order valence-corrected chi connectivity index (χ0v) is 9.21. The number of alkyl halides is 3. The van der Waals surface area contributed by atoms with Gasteiger partial charge in [-0.2, -0.15) is 0 Å². The molecule has 0 unspecified atom stereocenters. The molecule has 0 bridgehead atoms. The summed E-state index contributed by atoms with van der Waals surface area (Å²) < 4.78 is 40.0. The van der Waals surface area contributed by atoms with Crippen LogP contribution in [-0.4, -0.2) is 22.9 Å². The minimum absolute atomic E-state index is 0.308. The highest BCUT2D eigenvalue weighted by molar-refractivity contribution is 6.03. The van der Waals surface area contributed by atoms with E-state index in [0.29, 0.717) is 0 Å². The zero-order chi connectivity index (χ0) is 13.3. The van der Waals surface area contributed by atoms with Crippen molar-refractivity contribution in [1.29, 1.82) is 0 Å². The van der Waals surface area contributed by atoms with Crippen LogP contribution in [0, 0.1) is 0 Å². The second-order valence-corrected chi connectivity index (χ2v) is 3.93. The summed E-state index contributed by atoms with van der Waals surface area (Å²) in [4.78, 5) is 11.7. The van der Waals surface area contributed by atoms with Crippen molar-refractivity contribution in [3.8, 4) is 5.75 Å². The molecule has 1 rings (SSSR count). The van der Waals surface area contributed by atoms with E-state index in [1.54, 1.807) is 0 Å². The molecule has 0 aliphatic carbocycles. The Kier molecular flexibility index (Phi) is 3.47. The van der Waals surface area contributed by atoms with Crippen LogP contribution in [0.5, 0.6) is 5.75 Å². The van der Waals surface area contributed by atoms with Crippen LogP contribution in [0.25, 0.3) is 0 Å². The van der Waals surface area contributed by atoms with Gasteiger partial charge in [-0.1, -0.05) is 12.1 Å². The van der Waals surface area contributed by atoms with Crippen molar-refractivity contribution in [1.82, 2.24) is 0 Å². The number of para-hydroxylation sites is 1. The van der Waals surface area contributed by atoms with E-state index in [0.717, 1.165) is 6.07 Å². The SMILES string of the molecule is CC(C)(O)C(=O)c1ccccc1OC(F)(F)F. The molecular formula is C11H11F3O3. The number of rotatable bonds is 3. The van der Waals surface area contributed by atoms with Crippen molar-refractivity contribution in [3.63, 3.8) is 0 Å². The van der Waals surface area contributed by atoms with Crippen molar-refractivity contribution in [2.75, 3.05) is 0 Å². The van der Waals surface area contributed by atoms with Gasteiger partial charge in [0, 0.05) is 0 Å². The Bertz CT molecular complexity index is 419. The Balaban J connectivity index is 3.13. The Morgan fingerprint density at radius 1 is 1.24 bits per heavy atom. The Labute approximate surface area is 95.8 Å². The Hall–Kier alpha value is -1.56. The molecule has 0 aliphatic heterocycles. The van der Waals surface area contributed by atoms with Crippen molar-refractivity contribution in [2.45, 2.75) is 25.8 Å². The first-order valence-electron chi connectivity index (χ1n) is 4.73. The fourth-order valence-corrected chi connectivity index (χ4v) is 1.20. The number of ether oxygens (including phenoxy) is 1. The molecule has 0 fully saturated rings. The lowest BCUT2D eigenvalue weighted by Crippen LogP contribution is -2.32. The molecule has 0 heterocycles. The molecule has 0 saturated heterocycles. The number of benzene rings is 1. The lowest BCUT2D eigenvalue weighted by atomic mass is 9.96. The van der Waals surface area contributed by atoms with E-state index < -0.39 is 23.5 Å². The Morgan fingerprint density at radius 2 is 1.76 bits per heavy atom. The molecule has 94 valence electrons. The summed E-state index contributed by atoms with van der Waals surface area (Å²) in [5.74, 6) is -1.45. The van der Waals surface area contributed by atoms with Gasteiger partial charge in [-0.15, -0.1) is 13.2 Å². The topological polar surface area (TPSA) is 46.5 Å². The summed E-state index contributed by atoms with van der Waals surface area (Å²) >= 11 is 0. The summed E-state index contributed by atoms with van der Waals surface area (Å²) in [5.41, 5.74) is -2.07. The van der Waals surface area contributed by atoms with Gasteiger partial charge in [0.1, 0.15) is 11.4 Å². The minimum atomic E-state index is -4.88. The number of Topliss-reactive ketones (excluding diaryl/α,β-unsaturated/α-hetero) is 1. The molecule has 0 atom stereocenters. The number of ketones is 1. The molecule has 1 N–H and O–H groups in total. The first-order valence-corrected chi connectivity index (χ1v) is 4.73. The molecule has 0 amide bonds. The molecular weight excluding hydrogens is 237 g/mol. The largest absolute Gasteiger partial charge is 0.573 e. The second kappa shape index (κ2) is 4.37. The van der Waals surface area contributed by atoms with E-state index in [9.17, 15) is 23.1 Å². The van der Waals surface area contributed by atoms with Gasteiger partial charge < -0.3 is 9.84 Å². The van der Waals surface area contributed by atoms with Crippen LogP contribution in [-0.2, 0) is 0 Å². The third-order valence-corrected chi connectivity index (χ3v) is 1.91. The monoisotopic (exact) mass is 248 g/mol. The van der Waals surface area contributed by atoms with Crippen LogP contribution in [0.1, 0.15) is 24.2 Å². The number of carbonyl (C=O) groups is 1. The quantitative estimate of drug-likeness (QED) is 0.836. The molecule has 1 aromatic rings. The molecule has 0 saturated carbocycles. The van der Waals surface area contributed by atoms with Gasteiger partial charge in [-0.3, -0.25) is 4.79 Å². The van der Waals surface area contributed by atoms with E-state index in [4.69, 9.17) is 0 Å². The maximum atomic E-state index is 12.1. The molecule has 0 radical (unpaired) electrons. The summed E-state index contributed by atoms with van der Waals surface area (Å²) in [6, 6.07) is 4.89. The van der Waals surface area contributed by atoms with E-state index in [1.807, 2.05) is 0 Å². The highest BCUT2D eigenvalue weighted by atomic mass is 19.4. The first-order chi connectivity index (χ1) is 7.61. The second-order valence-electron chi connectivity index (χ2n) is 3.93. The van der Waals surface area contributed by atoms with Crippen LogP contribution in [0.4, 0.5) is 13.2 Å². The maximum Gasteiger partial charge on any atom is 0.573 e. The molecule has 1 aromatic carbocycles. The van der Waals surface area contributed by atoms with E-state index in [1.165, 1.54) is 32.0 Å². The smallest absolute Gasteiger partial charge is 0.405 e. The minimum Gasteiger partial charge on any atom is -0.405 e. The maximum absolute atomic E-state index is 12.1. The van der Waals surface area contributed by atoms with Gasteiger partial charge in [0.2, 0.25) is 0 Å². The molecule has 0 spiro atoms. The number of aliphatic hydroxyl groups is 1. The normalized spacial score (nSPS) is 12.4. The summed E-state index contributed by atoms with van der Waals surface area (Å²) in [6.07, 6.45) is -4.88. The van der Waals surface area contributed by atoms with Crippen LogP contribution in [0.3, 0.4) is 0 Å². The average Bonchev–Trinajstić information content (AvgIpc) is 2.13. The van der Waals surface area contributed by atoms with E-state index in [2.05, 4.69) is 4.74 Å². The zero-order valence-electron chi connectivity index (χ0n) is 9.21. The number of carbonyl (C=O) groups excluding carboxylic acids is 1. The summed E-state index contributed by atoms with van der Waals surface area (Å²) in [7, 11) is 0. The van der Waals surface area contributed by atoms with E-state index in [-0.39, 0.29) is 5.56 Å². The molecule has 3 nitrogen and oxygen atoms in total. The predicted octanol–water partition coefficient (Wildman–Crippen LogP) is 2.54. The van der Waals surface area contributed by atoms with Crippen molar-refractivity contribution >= 4 is 5.78 Å². The fourth-order valence-electron chi connectivity index (χ4n) is 1.20. The van der Waals surface area contributed by atoms with Crippen LogP contribution in [0.15, 0.2) is 24.3 Å². The molecule has 0 aromatic heterocycles. The van der Waals surface area contributed by atoms with Gasteiger partial charge in [0.25, 0.3) is 0 Å². The molecule has 17 heavy (non-hydrogen) atoms. The van der Waals surface area contributed by atoms with Crippen LogP contribution in [0.2, 0.25) is 0 Å². The van der Waals surface area contributed by atoms with Crippen LogP contribution < -0.4 is 4.74 Å². The van der Waals surface area contributed by atoms with Gasteiger partial charge >= 0.3 is 6.36 Å². The summed E-state index contributed by atoms with van der Waals surface area (Å²) in [5, 5.41) is 9.48.